The van der Waals surface area contributed by atoms with Crippen molar-refractivity contribution in [3.8, 4) is 5.75 Å². The molecule has 2 bridgehead atoms. The van der Waals surface area contributed by atoms with Crippen LogP contribution in [0.5, 0.6) is 5.75 Å². The average molecular weight is 407 g/mol. The topological polar surface area (TPSA) is 82.7 Å². The first kappa shape index (κ1) is 17.9. The number of hydrogen-bond donors (Lipinski definition) is 1. The van der Waals surface area contributed by atoms with Crippen molar-refractivity contribution in [1.29, 1.82) is 0 Å². The first-order valence-electron chi connectivity index (χ1n) is 10.6. The Hall–Kier alpha value is -2.87. The number of nitrogens with zero attached hydrogens (tertiary/aromatic N) is 4. The number of rotatable bonds is 5. The van der Waals surface area contributed by atoms with Crippen LogP contribution in [0, 0.1) is 0 Å². The number of amides is 1. The summed E-state index contributed by atoms with van der Waals surface area (Å²) in [4.78, 5) is 17.9. The van der Waals surface area contributed by atoms with Crippen LogP contribution in [0.25, 0.3) is 5.65 Å². The maximum atomic E-state index is 13.1. The molecule has 1 amide bonds. The monoisotopic (exact) mass is 407 g/mol. The first-order valence-corrected chi connectivity index (χ1v) is 10.6. The maximum absolute atomic E-state index is 13.1. The van der Waals surface area contributed by atoms with Crippen LogP contribution in [0.3, 0.4) is 0 Å². The predicted octanol–water partition coefficient (Wildman–Crippen LogP) is 3.07. The number of ether oxygens (including phenoxy) is 2. The Balaban J connectivity index is 1.37. The van der Waals surface area contributed by atoms with Gasteiger partial charge in [0, 0.05) is 43.2 Å². The Morgan fingerprint density at radius 1 is 1.33 bits per heavy atom. The molecule has 0 aromatic carbocycles. The molecule has 2 saturated heterocycles. The van der Waals surface area contributed by atoms with E-state index in [-0.39, 0.29) is 23.0 Å². The van der Waals surface area contributed by atoms with E-state index in [0.29, 0.717) is 23.7 Å². The molecule has 0 unspecified atom stereocenters. The van der Waals surface area contributed by atoms with Crippen LogP contribution in [-0.2, 0) is 17.2 Å². The summed E-state index contributed by atoms with van der Waals surface area (Å²) in [6, 6.07) is 3.66. The molecule has 4 aliphatic rings. The molecule has 0 spiro atoms. The molecule has 0 atom stereocenters. The molecule has 2 aliphatic carbocycles. The minimum atomic E-state index is -0.237. The number of carbonyl (C=O) groups is 1. The van der Waals surface area contributed by atoms with E-state index in [9.17, 15) is 4.79 Å². The standard InChI is InChI=1S/C22H25N5O3/c1-21-11-22(12-21,13-29-21)17-10-27-9-15(20(28)24-18-6-7-26(2)25-18)16(8-19(27)23-17)30-14-4-3-5-14/h6-10,14H,3-5,11-13H2,1-2H3,(H,24,25,28). The van der Waals surface area contributed by atoms with Crippen molar-refractivity contribution < 1.29 is 14.3 Å². The van der Waals surface area contributed by atoms with Crippen molar-refractivity contribution in [3.05, 3.63) is 42.0 Å². The molecule has 1 N–H and O–H groups in total. The number of aryl methyl sites for hydroxylation is 1. The van der Waals surface area contributed by atoms with Crippen LogP contribution in [-0.4, -0.2) is 43.4 Å². The number of hydrogen-bond acceptors (Lipinski definition) is 5. The lowest BCUT2D eigenvalue weighted by Gasteiger charge is -2.41. The zero-order valence-electron chi connectivity index (χ0n) is 17.2. The molecule has 8 heteroatoms. The van der Waals surface area contributed by atoms with Crippen LogP contribution >= 0.6 is 0 Å². The van der Waals surface area contributed by atoms with Crippen LogP contribution in [0.2, 0.25) is 0 Å². The quantitative estimate of drug-likeness (QED) is 0.703. The summed E-state index contributed by atoms with van der Waals surface area (Å²) in [6.45, 7) is 2.88. The largest absolute Gasteiger partial charge is 0.489 e. The third kappa shape index (κ3) is 2.74. The first-order chi connectivity index (χ1) is 14.4. The molecule has 3 aromatic rings. The average Bonchev–Trinajstić information content (AvgIpc) is 3.39. The molecule has 3 aromatic heterocycles. The van der Waals surface area contributed by atoms with E-state index < -0.39 is 0 Å². The van der Waals surface area contributed by atoms with Gasteiger partial charge in [-0.25, -0.2) is 4.98 Å². The second-order valence-corrected chi connectivity index (χ2v) is 9.31. The molecule has 2 aliphatic heterocycles. The van der Waals surface area contributed by atoms with Gasteiger partial charge in [-0.1, -0.05) is 0 Å². The molecule has 5 heterocycles. The van der Waals surface area contributed by atoms with E-state index in [2.05, 4.69) is 17.3 Å². The van der Waals surface area contributed by atoms with E-state index in [1.54, 1.807) is 16.9 Å². The van der Waals surface area contributed by atoms with Crippen molar-refractivity contribution in [1.82, 2.24) is 19.2 Å². The number of fused-ring (bicyclic) bond motifs is 2. The van der Waals surface area contributed by atoms with Gasteiger partial charge in [-0.05, 0) is 39.0 Å². The number of pyridine rings is 1. The van der Waals surface area contributed by atoms with E-state index in [0.717, 1.165) is 43.4 Å². The third-order valence-corrected chi connectivity index (χ3v) is 6.77. The SMILES string of the molecule is Cn1ccc(NC(=O)c2cn3cc(C45COC(C)(C4)C5)nc3cc2OC2CCC2)n1. The van der Waals surface area contributed by atoms with Crippen molar-refractivity contribution in [2.24, 2.45) is 7.05 Å². The van der Waals surface area contributed by atoms with Crippen molar-refractivity contribution in [2.75, 3.05) is 11.9 Å². The van der Waals surface area contributed by atoms with Crippen LogP contribution in [0.4, 0.5) is 5.82 Å². The Labute approximate surface area is 174 Å². The second kappa shape index (κ2) is 6.07. The number of aromatic nitrogens is 4. The lowest BCUT2D eigenvalue weighted by Crippen LogP contribution is -2.45. The zero-order chi connectivity index (χ0) is 20.5. The van der Waals surface area contributed by atoms with Crippen LogP contribution in [0.1, 0.15) is 55.1 Å². The number of anilines is 1. The lowest BCUT2D eigenvalue weighted by atomic mass is 9.62. The number of carbonyl (C=O) groups excluding carboxylic acids is 1. The maximum Gasteiger partial charge on any atom is 0.262 e. The zero-order valence-corrected chi connectivity index (χ0v) is 17.2. The van der Waals surface area contributed by atoms with Gasteiger partial charge in [0.1, 0.15) is 11.4 Å². The number of nitrogens with one attached hydrogen (secondary N) is 1. The summed E-state index contributed by atoms with van der Waals surface area (Å²) in [5.74, 6) is 0.856. The van der Waals surface area contributed by atoms with Gasteiger partial charge in [0.2, 0.25) is 0 Å². The molecule has 8 nitrogen and oxygen atoms in total. The van der Waals surface area contributed by atoms with Gasteiger partial charge in [0.25, 0.3) is 5.91 Å². The van der Waals surface area contributed by atoms with Crippen molar-refractivity contribution in [2.45, 2.75) is 56.1 Å². The van der Waals surface area contributed by atoms with Gasteiger partial charge in [0.05, 0.1) is 29.6 Å². The van der Waals surface area contributed by atoms with E-state index in [4.69, 9.17) is 14.5 Å². The van der Waals surface area contributed by atoms with Gasteiger partial charge in [-0.3, -0.25) is 9.48 Å². The normalized spacial score (nSPS) is 27.7. The molecule has 4 fully saturated rings. The molecule has 2 saturated carbocycles. The second-order valence-electron chi connectivity index (χ2n) is 9.31. The third-order valence-electron chi connectivity index (χ3n) is 6.77. The van der Waals surface area contributed by atoms with Gasteiger partial charge in [-0.2, -0.15) is 5.10 Å². The molecule has 156 valence electrons. The van der Waals surface area contributed by atoms with Gasteiger partial charge >= 0.3 is 0 Å². The van der Waals surface area contributed by atoms with Gasteiger partial charge < -0.3 is 19.2 Å². The fourth-order valence-electron chi connectivity index (χ4n) is 5.02. The smallest absolute Gasteiger partial charge is 0.262 e. The van der Waals surface area contributed by atoms with Crippen LogP contribution in [0.15, 0.2) is 30.7 Å². The molecule has 30 heavy (non-hydrogen) atoms. The summed E-state index contributed by atoms with van der Waals surface area (Å²) < 4.78 is 15.7. The Morgan fingerprint density at radius 3 is 2.80 bits per heavy atom. The minimum absolute atomic E-state index is 0.00201. The molecule has 7 rings (SSSR count). The van der Waals surface area contributed by atoms with Crippen LogP contribution < -0.4 is 10.1 Å². The summed E-state index contributed by atoms with van der Waals surface area (Å²) in [6.07, 6.45) is 11.0. The summed E-state index contributed by atoms with van der Waals surface area (Å²) >= 11 is 0. The van der Waals surface area contributed by atoms with Crippen molar-refractivity contribution in [3.63, 3.8) is 0 Å². The Morgan fingerprint density at radius 2 is 2.17 bits per heavy atom. The highest BCUT2D eigenvalue weighted by molar-refractivity contribution is 6.05. The van der Waals surface area contributed by atoms with E-state index in [1.165, 1.54) is 0 Å². The van der Waals surface area contributed by atoms with Gasteiger partial charge in [0.15, 0.2) is 5.82 Å². The highest BCUT2D eigenvalue weighted by Gasteiger charge is 2.61. The summed E-state index contributed by atoms with van der Waals surface area (Å²) in [7, 11) is 1.82. The Kier molecular flexibility index (Phi) is 3.63. The fourth-order valence-corrected chi connectivity index (χ4v) is 5.02. The predicted molar refractivity (Wildman–Crippen MR) is 110 cm³/mol. The summed E-state index contributed by atoms with van der Waals surface area (Å²) in [5.41, 5.74) is 2.33. The van der Waals surface area contributed by atoms with Crippen molar-refractivity contribution >= 4 is 17.4 Å². The highest BCUT2D eigenvalue weighted by Crippen LogP contribution is 2.58. The minimum Gasteiger partial charge on any atom is -0.489 e. The Bertz CT molecular complexity index is 1150. The summed E-state index contributed by atoms with van der Waals surface area (Å²) in [5, 5.41) is 7.12. The van der Waals surface area contributed by atoms with Gasteiger partial charge in [-0.15, -0.1) is 0 Å². The number of imidazole rings is 1. The molecular weight excluding hydrogens is 382 g/mol. The molecular formula is C22H25N5O3. The lowest BCUT2D eigenvalue weighted by molar-refractivity contribution is 0.0154. The molecule has 0 radical (unpaired) electrons. The van der Waals surface area contributed by atoms with E-state index >= 15 is 0 Å². The fraction of sp³-hybridized carbons (Fsp3) is 0.500. The van der Waals surface area contributed by atoms with E-state index in [1.807, 2.05) is 29.9 Å². The highest BCUT2D eigenvalue weighted by atomic mass is 16.5.